The van der Waals surface area contributed by atoms with E-state index in [0.717, 1.165) is 55.2 Å². The summed E-state index contributed by atoms with van der Waals surface area (Å²) >= 11 is 0. The van der Waals surface area contributed by atoms with E-state index in [2.05, 4.69) is 0 Å². The molecular formula is C18H20N2O6. The smallest absolute Gasteiger partial charge is 0.338 e. The molecule has 0 radical (unpaired) electrons. The summed E-state index contributed by atoms with van der Waals surface area (Å²) in [5, 5.41) is 21.9. The second-order valence-corrected chi connectivity index (χ2v) is 8.25. The number of esters is 1. The molecule has 4 aliphatic carbocycles. The number of nitrogens with zero attached hydrogens (tertiary/aromatic N) is 2. The number of nitro groups is 2. The molecule has 4 aliphatic rings. The van der Waals surface area contributed by atoms with Gasteiger partial charge >= 0.3 is 5.97 Å². The van der Waals surface area contributed by atoms with Crippen LogP contribution in [0.3, 0.4) is 0 Å². The van der Waals surface area contributed by atoms with E-state index in [-0.39, 0.29) is 11.0 Å². The van der Waals surface area contributed by atoms with E-state index in [1.54, 1.807) is 0 Å². The van der Waals surface area contributed by atoms with Crippen LogP contribution in [0.2, 0.25) is 0 Å². The van der Waals surface area contributed by atoms with Gasteiger partial charge in [0.25, 0.3) is 11.4 Å². The zero-order chi connectivity index (χ0) is 18.5. The van der Waals surface area contributed by atoms with E-state index >= 15 is 0 Å². The van der Waals surface area contributed by atoms with Gasteiger partial charge < -0.3 is 4.74 Å². The first-order valence-electron chi connectivity index (χ1n) is 8.94. The molecule has 1 aromatic carbocycles. The monoisotopic (exact) mass is 360 g/mol. The summed E-state index contributed by atoms with van der Waals surface area (Å²) < 4.78 is 5.50. The van der Waals surface area contributed by atoms with Crippen molar-refractivity contribution in [1.82, 2.24) is 0 Å². The van der Waals surface area contributed by atoms with Gasteiger partial charge in [-0.2, -0.15) is 0 Å². The molecule has 4 saturated carbocycles. The molecule has 0 aliphatic heterocycles. The summed E-state index contributed by atoms with van der Waals surface area (Å²) in [7, 11) is 0. The average molecular weight is 360 g/mol. The van der Waals surface area contributed by atoms with Crippen LogP contribution in [0.5, 0.6) is 0 Å². The minimum absolute atomic E-state index is 0.0249. The lowest BCUT2D eigenvalue weighted by Crippen LogP contribution is -2.48. The highest BCUT2D eigenvalue weighted by Crippen LogP contribution is 2.60. The molecule has 0 N–H and O–H groups in total. The standard InChI is InChI=1S/C18H20N2O6/c21-17(14-4-15(19(22)23)6-16(5-14)20(24)25)26-10-18-7-11-1-12(8-18)3-13(2-11)9-18/h4-6,11-13H,1-3,7-10H2. The van der Waals surface area contributed by atoms with Crippen molar-refractivity contribution in [2.24, 2.45) is 23.2 Å². The summed E-state index contributed by atoms with van der Waals surface area (Å²) in [5.74, 6) is 1.43. The van der Waals surface area contributed by atoms with Crippen LogP contribution < -0.4 is 0 Å². The van der Waals surface area contributed by atoms with Gasteiger partial charge in [0, 0.05) is 17.5 Å². The van der Waals surface area contributed by atoms with Gasteiger partial charge in [-0.05, 0) is 56.3 Å². The molecule has 0 amide bonds. The molecule has 0 saturated heterocycles. The Hall–Kier alpha value is -2.51. The van der Waals surface area contributed by atoms with Crippen LogP contribution in [0.25, 0.3) is 0 Å². The fraction of sp³-hybridized carbons (Fsp3) is 0.611. The fourth-order valence-electron chi connectivity index (χ4n) is 5.69. The molecule has 1 aromatic rings. The number of hydrogen-bond acceptors (Lipinski definition) is 6. The first-order chi connectivity index (χ1) is 12.3. The summed E-state index contributed by atoms with van der Waals surface area (Å²) in [4.78, 5) is 32.9. The number of hydrogen-bond donors (Lipinski definition) is 0. The quantitative estimate of drug-likeness (QED) is 0.447. The summed E-state index contributed by atoms with van der Waals surface area (Å²) in [5.41, 5.74) is -1.09. The fourth-order valence-corrected chi connectivity index (χ4v) is 5.69. The zero-order valence-electron chi connectivity index (χ0n) is 14.3. The summed E-state index contributed by atoms with van der Waals surface area (Å²) in [6.07, 6.45) is 7.06. The number of non-ortho nitro benzene ring substituents is 2. The van der Waals surface area contributed by atoms with E-state index in [0.29, 0.717) is 6.61 Å². The third kappa shape index (κ3) is 3.04. The van der Waals surface area contributed by atoms with Gasteiger partial charge in [-0.1, -0.05) is 0 Å². The number of carbonyl (C=O) groups is 1. The lowest BCUT2D eigenvalue weighted by atomic mass is 9.50. The van der Waals surface area contributed by atoms with Crippen LogP contribution in [0.1, 0.15) is 48.9 Å². The van der Waals surface area contributed by atoms with Gasteiger partial charge in [0.05, 0.1) is 28.1 Å². The van der Waals surface area contributed by atoms with Gasteiger partial charge in [0.15, 0.2) is 0 Å². The number of carbonyl (C=O) groups excluding carboxylic acids is 1. The molecule has 0 unspecified atom stereocenters. The molecular weight excluding hydrogens is 340 g/mol. The van der Waals surface area contributed by atoms with Gasteiger partial charge in [-0.25, -0.2) is 4.79 Å². The van der Waals surface area contributed by atoms with Crippen molar-refractivity contribution < 1.29 is 19.4 Å². The zero-order valence-corrected chi connectivity index (χ0v) is 14.3. The Labute approximate surface area is 149 Å². The molecule has 4 fully saturated rings. The van der Waals surface area contributed by atoms with Crippen molar-refractivity contribution in [3.63, 3.8) is 0 Å². The Balaban J connectivity index is 1.50. The van der Waals surface area contributed by atoms with Crippen LogP contribution in [-0.4, -0.2) is 22.4 Å². The van der Waals surface area contributed by atoms with Crippen molar-refractivity contribution >= 4 is 17.3 Å². The van der Waals surface area contributed by atoms with Crippen molar-refractivity contribution in [1.29, 1.82) is 0 Å². The van der Waals surface area contributed by atoms with E-state index in [1.807, 2.05) is 0 Å². The van der Waals surface area contributed by atoms with Crippen LogP contribution >= 0.6 is 0 Å². The van der Waals surface area contributed by atoms with Crippen LogP contribution in [0.4, 0.5) is 11.4 Å². The predicted octanol–water partition coefficient (Wildman–Crippen LogP) is 3.88. The van der Waals surface area contributed by atoms with Crippen LogP contribution in [0, 0.1) is 43.4 Å². The molecule has 8 nitrogen and oxygen atoms in total. The lowest BCUT2D eigenvalue weighted by molar-refractivity contribution is -0.394. The molecule has 138 valence electrons. The van der Waals surface area contributed by atoms with Crippen molar-refractivity contribution in [3.8, 4) is 0 Å². The molecule has 0 heterocycles. The largest absolute Gasteiger partial charge is 0.461 e. The highest BCUT2D eigenvalue weighted by atomic mass is 16.6. The Morgan fingerprint density at radius 3 is 1.85 bits per heavy atom. The second kappa shape index (κ2) is 6.03. The number of ether oxygens (including phenoxy) is 1. The Morgan fingerprint density at radius 1 is 0.962 bits per heavy atom. The topological polar surface area (TPSA) is 113 Å². The van der Waals surface area contributed by atoms with Crippen LogP contribution in [0.15, 0.2) is 18.2 Å². The van der Waals surface area contributed by atoms with Crippen LogP contribution in [-0.2, 0) is 4.74 Å². The highest BCUT2D eigenvalue weighted by molar-refractivity contribution is 5.91. The molecule has 0 atom stereocenters. The molecule has 26 heavy (non-hydrogen) atoms. The minimum atomic E-state index is -0.747. The SMILES string of the molecule is O=C(OCC12CC3CC(CC(C3)C1)C2)c1cc([N+](=O)[O-])cc([N+](=O)[O-])c1. The Kier molecular flexibility index (Phi) is 3.93. The van der Waals surface area contributed by atoms with E-state index in [1.165, 1.54) is 19.3 Å². The molecule has 0 spiro atoms. The highest BCUT2D eigenvalue weighted by Gasteiger charge is 2.51. The maximum absolute atomic E-state index is 12.4. The first-order valence-corrected chi connectivity index (χ1v) is 8.94. The first kappa shape index (κ1) is 16.9. The van der Waals surface area contributed by atoms with E-state index < -0.39 is 27.2 Å². The molecule has 0 aromatic heterocycles. The average Bonchev–Trinajstić information content (AvgIpc) is 2.58. The maximum atomic E-state index is 12.4. The molecule has 8 heteroatoms. The summed E-state index contributed by atoms with van der Waals surface area (Å²) in [6.45, 7) is 0.297. The third-order valence-electron chi connectivity index (χ3n) is 6.23. The number of benzene rings is 1. The third-order valence-corrected chi connectivity index (χ3v) is 6.23. The number of nitro benzene ring substituents is 2. The normalized spacial score (nSPS) is 31.6. The predicted molar refractivity (Wildman–Crippen MR) is 90.6 cm³/mol. The Bertz CT molecular complexity index is 722. The van der Waals surface area contributed by atoms with Crippen molar-refractivity contribution in [2.45, 2.75) is 38.5 Å². The maximum Gasteiger partial charge on any atom is 0.338 e. The lowest BCUT2D eigenvalue weighted by Gasteiger charge is -2.56. The summed E-state index contributed by atoms with van der Waals surface area (Å²) in [6, 6.07) is 2.92. The van der Waals surface area contributed by atoms with Gasteiger partial charge in [-0.15, -0.1) is 0 Å². The molecule has 5 rings (SSSR count). The van der Waals surface area contributed by atoms with Crippen molar-refractivity contribution in [3.05, 3.63) is 44.0 Å². The second-order valence-electron chi connectivity index (χ2n) is 8.25. The van der Waals surface area contributed by atoms with E-state index in [9.17, 15) is 25.0 Å². The van der Waals surface area contributed by atoms with Gasteiger partial charge in [-0.3, -0.25) is 20.2 Å². The van der Waals surface area contributed by atoms with Gasteiger partial charge in [0.2, 0.25) is 0 Å². The number of rotatable bonds is 5. The Morgan fingerprint density at radius 2 is 1.42 bits per heavy atom. The minimum Gasteiger partial charge on any atom is -0.461 e. The van der Waals surface area contributed by atoms with Gasteiger partial charge in [0.1, 0.15) is 0 Å². The van der Waals surface area contributed by atoms with Crippen molar-refractivity contribution in [2.75, 3.05) is 6.61 Å². The molecule has 4 bridgehead atoms. The van der Waals surface area contributed by atoms with E-state index in [4.69, 9.17) is 4.74 Å².